The second-order valence-corrected chi connectivity index (χ2v) is 18.5. The molecule has 7 atom stereocenters. The number of hydrogen-bond acceptors (Lipinski definition) is 8. The smallest absolute Gasteiger partial charge is 0.259 e. The fourth-order valence-electron chi connectivity index (χ4n) is 7.19. The molecule has 2 N–H and O–H groups in total. The summed E-state index contributed by atoms with van der Waals surface area (Å²) < 4.78 is 51.9. The van der Waals surface area contributed by atoms with Gasteiger partial charge in [-0.2, -0.15) is 0 Å². The van der Waals surface area contributed by atoms with Crippen molar-refractivity contribution in [1.29, 1.82) is 0 Å². The van der Waals surface area contributed by atoms with Crippen LogP contribution in [0.5, 0.6) is 11.5 Å². The summed E-state index contributed by atoms with van der Waals surface area (Å²) >= 11 is 15.5. The van der Waals surface area contributed by atoms with Gasteiger partial charge in [0.1, 0.15) is 34.9 Å². The summed E-state index contributed by atoms with van der Waals surface area (Å²) in [7, 11) is -4.34. The predicted octanol–water partition coefficient (Wildman–Crippen LogP) is 5.93. The van der Waals surface area contributed by atoms with Gasteiger partial charge in [0.15, 0.2) is 10.9 Å². The third-order valence-corrected chi connectivity index (χ3v) is 15.1. The van der Waals surface area contributed by atoms with Crippen molar-refractivity contribution in [3.05, 3.63) is 40.5 Å². The summed E-state index contributed by atoms with van der Waals surface area (Å²) in [6.07, 6.45) is 5.82. The lowest BCUT2D eigenvalue weighted by Crippen LogP contribution is -2.58. The van der Waals surface area contributed by atoms with Crippen LogP contribution in [0.15, 0.2) is 30.4 Å². The summed E-state index contributed by atoms with van der Waals surface area (Å²) in [6, 6.07) is 4.17. The lowest BCUT2D eigenvalue weighted by atomic mass is 9.91. The first-order valence-corrected chi connectivity index (χ1v) is 20.8. The van der Waals surface area contributed by atoms with Gasteiger partial charge >= 0.3 is 0 Å². The molecular formula is C35H42Cl2FIN4O7S. The lowest BCUT2D eigenvalue weighted by Gasteiger charge is -2.30. The molecule has 16 heteroatoms. The number of allylic oxidation sites excluding steroid dienone is 1. The molecule has 2 aromatic rings. The highest BCUT2D eigenvalue weighted by Crippen LogP contribution is 2.48. The first-order chi connectivity index (χ1) is 24.1. The zero-order valence-corrected chi connectivity index (χ0v) is 33.1. The zero-order chi connectivity index (χ0) is 36.9. The number of rotatable bonds is 8. The van der Waals surface area contributed by atoms with Crippen molar-refractivity contribution in [2.45, 2.75) is 92.1 Å². The number of sulfonamides is 1. The molecule has 278 valence electrons. The van der Waals surface area contributed by atoms with E-state index in [-0.39, 0.29) is 60.0 Å². The molecule has 1 aromatic carbocycles. The Morgan fingerprint density at radius 1 is 1.22 bits per heavy atom. The predicted molar refractivity (Wildman–Crippen MR) is 201 cm³/mol. The number of aromatic nitrogens is 1. The Morgan fingerprint density at radius 2 is 1.96 bits per heavy atom. The number of amides is 3. The fraction of sp³-hybridized carbons (Fsp3) is 0.600. The van der Waals surface area contributed by atoms with Crippen LogP contribution in [-0.4, -0.2) is 82.2 Å². The van der Waals surface area contributed by atoms with E-state index in [4.69, 9.17) is 32.7 Å². The molecule has 1 saturated heterocycles. The van der Waals surface area contributed by atoms with Gasteiger partial charge in [-0.3, -0.25) is 19.1 Å². The Balaban J connectivity index is 1.31. The van der Waals surface area contributed by atoms with Gasteiger partial charge in [-0.05, 0) is 75.5 Å². The van der Waals surface area contributed by atoms with Crippen LogP contribution in [0.25, 0.3) is 10.9 Å². The van der Waals surface area contributed by atoms with E-state index < -0.39 is 60.8 Å². The number of ether oxygens (including phenoxy) is 2. The Labute approximate surface area is 320 Å². The Hall–Kier alpha value is -2.43. The van der Waals surface area contributed by atoms with Gasteiger partial charge in [-0.15, -0.1) is 0 Å². The molecule has 2 aliphatic carbocycles. The zero-order valence-electron chi connectivity index (χ0n) is 28.6. The monoisotopic (exact) mass is 878 g/mol. The SMILES string of the molecule is CCOc1ccc2nc(Cl)c(O[C@@H]3C[C@H]4C(=O)N[C@]5(C(=O)NS(=O)(=O)C6(CF)CC6)C[C@H]5/C=C\CC[C@@H](C)C[C@@H](C)C(I)C(=O)N4C3)c(Cl)c2c1. The van der Waals surface area contributed by atoms with E-state index in [0.717, 1.165) is 12.8 Å². The second-order valence-electron chi connectivity index (χ2n) is 14.4. The number of benzene rings is 1. The van der Waals surface area contributed by atoms with Crippen molar-refractivity contribution >= 4 is 84.4 Å². The molecule has 0 bridgehead atoms. The number of pyridine rings is 1. The second kappa shape index (κ2) is 14.8. The number of nitrogens with one attached hydrogen (secondary N) is 2. The van der Waals surface area contributed by atoms with Gasteiger partial charge in [-0.25, -0.2) is 17.8 Å². The van der Waals surface area contributed by atoms with E-state index in [2.05, 4.69) is 44.5 Å². The maximum Gasteiger partial charge on any atom is 0.259 e. The van der Waals surface area contributed by atoms with Gasteiger partial charge < -0.3 is 19.7 Å². The van der Waals surface area contributed by atoms with Gasteiger partial charge in [-0.1, -0.05) is 71.8 Å². The molecule has 1 aromatic heterocycles. The van der Waals surface area contributed by atoms with Crippen LogP contribution in [-0.2, 0) is 24.4 Å². The summed E-state index contributed by atoms with van der Waals surface area (Å²) in [5.41, 5.74) is -1.06. The summed E-state index contributed by atoms with van der Waals surface area (Å²) in [5, 5.41) is 3.60. The Bertz CT molecular complexity index is 1860. The third kappa shape index (κ3) is 7.53. The summed E-state index contributed by atoms with van der Waals surface area (Å²) in [4.78, 5) is 48.1. The van der Waals surface area contributed by atoms with Crippen LogP contribution in [0.3, 0.4) is 0 Å². The molecule has 4 aliphatic rings. The van der Waals surface area contributed by atoms with Crippen LogP contribution >= 0.6 is 45.8 Å². The molecule has 3 fully saturated rings. The Morgan fingerprint density at radius 3 is 2.65 bits per heavy atom. The minimum absolute atomic E-state index is 0.0000203. The number of carbonyl (C=O) groups excluding carboxylic acids is 3. The van der Waals surface area contributed by atoms with Crippen molar-refractivity contribution in [2.75, 3.05) is 19.8 Å². The van der Waals surface area contributed by atoms with Crippen LogP contribution in [0, 0.1) is 17.8 Å². The molecule has 0 spiro atoms. The quantitative estimate of drug-likeness (QED) is 0.144. The molecule has 0 radical (unpaired) electrons. The highest BCUT2D eigenvalue weighted by atomic mass is 127. The molecule has 3 amide bonds. The van der Waals surface area contributed by atoms with E-state index >= 15 is 0 Å². The number of fused-ring (bicyclic) bond motifs is 3. The van der Waals surface area contributed by atoms with Crippen LogP contribution in [0.2, 0.25) is 10.2 Å². The number of carbonyl (C=O) groups is 3. The largest absolute Gasteiger partial charge is 0.494 e. The van der Waals surface area contributed by atoms with E-state index in [1.165, 1.54) is 4.90 Å². The number of halogens is 4. The highest BCUT2D eigenvalue weighted by molar-refractivity contribution is 14.1. The van der Waals surface area contributed by atoms with E-state index in [1.54, 1.807) is 18.2 Å². The highest BCUT2D eigenvalue weighted by Gasteiger charge is 2.64. The van der Waals surface area contributed by atoms with Gasteiger partial charge in [0.25, 0.3) is 5.91 Å². The van der Waals surface area contributed by atoms with E-state index in [0.29, 0.717) is 35.6 Å². The maximum absolute atomic E-state index is 14.2. The topological polar surface area (TPSA) is 144 Å². The molecule has 2 aliphatic heterocycles. The van der Waals surface area contributed by atoms with Crippen molar-refractivity contribution in [2.24, 2.45) is 17.8 Å². The fourth-order valence-corrected chi connectivity index (χ4v) is 9.83. The minimum atomic E-state index is -4.34. The number of hydrogen-bond donors (Lipinski definition) is 2. The molecule has 3 heterocycles. The van der Waals surface area contributed by atoms with Crippen molar-refractivity contribution in [3.8, 4) is 11.5 Å². The average Bonchev–Trinajstić information content (AvgIpc) is 3.99. The number of nitrogens with zero attached hydrogens (tertiary/aromatic N) is 2. The van der Waals surface area contributed by atoms with Gasteiger partial charge in [0.05, 0.1) is 27.6 Å². The average molecular weight is 880 g/mol. The molecule has 6 rings (SSSR count). The first kappa shape index (κ1) is 38.3. The van der Waals surface area contributed by atoms with Crippen LogP contribution < -0.4 is 19.5 Å². The van der Waals surface area contributed by atoms with Gasteiger partial charge in [0, 0.05) is 17.7 Å². The van der Waals surface area contributed by atoms with Gasteiger partial charge in [0.2, 0.25) is 21.8 Å². The van der Waals surface area contributed by atoms with Crippen molar-refractivity contribution in [3.63, 3.8) is 0 Å². The summed E-state index contributed by atoms with van der Waals surface area (Å²) in [5.74, 6) is -1.30. The minimum Gasteiger partial charge on any atom is -0.494 e. The van der Waals surface area contributed by atoms with Crippen molar-refractivity contribution in [1.82, 2.24) is 19.9 Å². The van der Waals surface area contributed by atoms with Crippen LogP contribution in [0.1, 0.15) is 65.7 Å². The van der Waals surface area contributed by atoms with E-state index in [9.17, 15) is 27.2 Å². The summed E-state index contributed by atoms with van der Waals surface area (Å²) in [6.45, 7) is 5.38. The molecular weight excluding hydrogens is 837 g/mol. The molecule has 1 unspecified atom stereocenters. The Kier molecular flexibility index (Phi) is 11.1. The molecule has 11 nitrogen and oxygen atoms in total. The standard InChI is InChI=1S/C35H42Cl2FIN4O7S/c1-4-49-22-9-10-25-24(14-22)27(36)29(30(37)40-25)50-23-15-26-31(44)41-35(33(46)42-51(47,48)34(18-38)11-12-34)16-21(35)8-6-5-7-19(2)13-20(3)28(39)32(45)43(26)17-23/h6,8-10,14,19-21,23,26,28H,4-5,7,11-13,15-18H2,1-3H3,(H,41,44)(H,42,46)/b8-6-/t19-,20-,21-,23-,26+,28?,35-/m1/s1. The number of alkyl halides is 2. The third-order valence-electron chi connectivity index (χ3n) is 10.6. The molecule has 51 heavy (non-hydrogen) atoms. The molecule has 2 saturated carbocycles. The normalized spacial score (nSPS) is 31.4. The van der Waals surface area contributed by atoms with E-state index in [1.807, 2.05) is 26.0 Å². The lowest BCUT2D eigenvalue weighted by molar-refractivity contribution is -0.139. The van der Waals surface area contributed by atoms with Crippen LogP contribution in [0.4, 0.5) is 4.39 Å². The van der Waals surface area contributed by atoms with Crippen molar-refractivity contribution < 1.29 is 36.7 Å². The maximum atomic E-state index is 14.2. The first-order valence-electron chi connectivity index (χ1n) is 17.3.